The maximum atomic E-state index is 13.8. The van der Waals surface area contributed by atoms with E-state index in [1.807, 2.05) is 37.3 Å². The summed E-state index contributed by atoms with van der Waals surface area (Å²) >= 11 is 5.96. The molecule has 0 bridgehead atoms. The van der Waals surface area contributed by atoms with Gasteiger partial charge in [-0.05, 0) is 78.2 Å². The molecule has 0 fully saturated rings. The molecule has 5 aromatic rings. The lowest BCUT2D eigenvalue weighted by Gasteiger charge is -2.17. The first-order chi connectivity index (χ1) is 17.4. The van der Waals surface area contributed by atoms with Gasteiger partial charge in [0.2, 0.25) is 0 Å². The van der Waals surface area contributed by atoms with Crippen molar-refractivity contribution in [1.29, 1.82) is 0 Å². The van der Waals surface area contributed by atoms with E-state index in [1.165, 1.54) is 12.1 Å². The fourth-order valence-electron chi connectivity index (χ4n) is 4.07. The van der Waals surface area contributed by atoms with E-state index in [9.17, 15) is 9.18 Å². The number of nitrogens with zero attached hydrogens (tertiary/aromatic N) is 1. The third-order valence-corrected chi connectivity index (χ3v) is 6.11. The molecule has 9 heteroatoms. The van der Waals surface area contributed by atoms with Crippen molar-refractivity contribution < 1.29 is 13.6 Å². The van der Waals surface area contributed by atoms with E-state index in [-0.39, 0.29) is 17.5 Å². The minimum absolute atomic E-state index is 0.0855. The molecular formula is C27H23ClFN5O2. The molecule has 1 atom stereocenters. The number of anilines is 2. The highest BCUT2D eigenvalue weighted by atomic mass is 35.5. The minimum atomic E-state index is -0.594. The van der Waals surface area contributed by atoms with Crippen LogP contribution in [0, 0.1) is 12.7 Å². The van der Waals surface area contributed by atoms with E-state index in [2.05, 4.69) is 20.6 Å². The van der Waals surface area contributed by atoms with Gasteiger partial charge in [-0.2, -0.15) is 0 Å². The van der Waals surface area contributed by atoms with Crippen LogP contribution in [0.3, 0.4) is 0 Å². The zero-order chi connectivity index (χ0) is 25.2. The van der Waals surface area contributed by atoms with Crippen molar-refractivity contribution in [2.75, 3.05) is 11.9 Å². The number of nitrogens with one attached hydrogen (secondary N) is 3. The average molecular weight is 504 g/mol. The number of furan rings is 1. The number of rotatable bonds is 7. The fraction of sp³-hybridized carbons (Fsp3) is 0.111. The Kier molecular flexibility index (Phi) is 6.45. The highest BCUT2D eigenvalue weighted by Gasteiger charge is 2.18. The molecule has 5 rings (SSSR count). The highest BCUT2D eigenvalue weighted by molar-refractivity contribution is 6.30. The lowest BCUT2D eigenvalue weighted by atomic mass is 10.0. The molecule has 0 aliphatic carbocycles. The lowest BCUT2D eigenvalue weighted by molar-refractivity contribution is 0.0933. The maximum Gasteiger partial charge on any atom is 0.268 e. The Balaban J connectivity index is 1.35. The van der Waals surface area contributed by atoms with Crippen molar-refractivity contribution in [3.05, 3.63) is 101 Å². The van der Waals surface area contributed by atoms with Crippen LogP contribution in [0.2, 0.25) is 5.02 Å². The number of pyridine rings is 1. The molecule has 5 N–H and O–H groups in total. The largest absolute Gasteiger partial charge is 0.464 e. The summed E-state index contributed by atoms with van der Waals surface area (Å²) in [4.78, 5) is 20.4. The number of carbonyl (C=O) groups excluding carboxylic acids is 1. The van der Waals surface area contributed by atoms with Crippen LogP contribution in [-0.2, 0) is 0 Å². The fourth-order valence-corrected chi connectivity index (χ4v) is 4.30. The average Bonchev–Trinajstić information content (AvgIpc) is 3.52. The summed E-state index contributed by atoms with van der Waals surface area (Å²) in [6.07, 6.45) is 5.19. The number of nitrogens with two attached hydrogens (primary N) is 1. The van der Waals surface area contributed by atoms with E-state index in [4.69, 9.17) is 21.8 Å². The van der Waals surface area contributed by atoms with E-state index in [0.29, 0.717) is 17.1 Å². The predicted octanol–water partition coefficient (Wildman–Crippen LogP) is 6.10. The molecule has 36 heavy (non-hydrogen) atoms. The van der Waals surface area contributed by atoms with Crippen molar-refractivity contribution >= 4 is 40.0 Å². The van der Waals surface area contributed by atoms with Crippen LogP contribution in [0.5, 0.6) is 0 Å². The van der Waals surface area contributed by atoms with Crippen LogP contribution >= 0.6 is 11.6 Å². The van der Waals surface area contributed by atoms with Gasteiger partial charge < -0.3 is 25.8 Å². The molecule has 0 saturated carbocycles. The Bertz CT molecular complexity index is 1540. The first-order valence-corrected chi connectivity index (χ1v) is 11.6. The second kappa shape index (κ2) is 9.85. The molecule has 0 unspecified atom stereocenters. The SMILES string of the molecule is Cc1cnc(Nc2ccc3occc3c2)cc1-c1c[nH]c(C(=O)N[C@H](CN)c2cc(F)cc(Cl)c2)c1. The van der Waals surface area contributed by atoms with Gasteiger partial charge in [0.05, 0.1) is 12.3 Å². The Morgan fingerprint density at radius 3 is 2.86 bits per heavy atom. The quantitative estimate of drug-likeness (QED) is 0.215. The molecule has 0 radical (unpaired) electrons. The van der Waals surface area contributed by atoms with Gasteiger partial charge in [0.15, 0.2) is 0 Å². The Morgan fingerprint density at radius 1 is 1.19 bits per heavy atom. The van der Waals surface area contributed by atoms with Gasteiger partial charge in [-0.25, -0.2) is 9.37 Å². The molecule has 7 nitrogen and oxygen atoms in total. The summed E-state index contributed by atoms with van der Waals surface area (Å²) in [5, 5.41) is 7.38. The van der Waals surface area contributed by atoms with Crippen molar-refractivity contribution in [2.24, 2.45) is 5.73 Å². The normalized spacial score (nSPS) is 12.0. The van der Waals surface area contributed by atoms with E-state index in [1.54, 1.807) is 30.8 Å². The smallest absolute Gasteiger partial charge is 0.268 e. The van der Waals surface area contributed by atoms with Crippen molar-refractivity contribution in [2.45, 2.75) is 13.0 Å². The van der Waals surface area contributed by atoms with Crippen LogP contribution in [-0.4, -0.2) is 22.4 Å². The Hall–Kier alpha value is -4.14. The van der Waals surface area contributed by atoms with E-state index < -0.39 is 11.9 Å². The van der Waals surface area contributed by atoms with Crippen molar-refractivity contribution in [3.63, 3.8) is 0 Å². The number of halogens is 2. The van der Waals surface area contributed by atoms with Gasteiger partial charge in [0, 0.05) is 40.6 Å². The van der Waals surface area contributed by atoms with E-state index >= 15 is 0 Å². The number of benzene rings is 2. The van der Waals surface area contributed by atoms with Crippen LogP contribution < -0.4 is 16.4 Å². The number of H-pyrrole nitrogens is 1. The monoisotopic (exact) mass is 503 g/mol. The third kappa shape index (κ3) is 4.95. The Labute approximate surface area is 211 Å². The molecule has 3 heterocycles. The van der Waals surface area contributed by atoms with Gasteiger partial charge in [0.25, 0.3) is 5.91 Å². The molecular weight excluding hydrogens is 481 g/mol. The predicted molar refractivity (Wildman–Crippen MR) is 139 cm³/mol. The number of aryl methyl sites for hydroxylation is 1. The number of carbonyl (C=O) groups is 1. The van der Waals surface area contributed by atoms with Gasteiger partial charge in [-0.3, -0.25) is 4.79 Å². The molecule has 0 saturated heterocycles. The van der Waals surface area contributed by atoms with Crippen LogP contribution in [0.1, 0.15) is 27.7 Å². The zero-order valence-electron chi connectivity index (χ0n) is 19.3. The van der Waals surface area contributed by atoms with Crippen LogP contribution in [0.4, 0.5) is 15.9 Å². The Morgan fingerprint density at radius 2 is 2.06 bits per heavy atom. The molecule has 182 valence electrons. The molecule has 0 aliphatic rings. The first kappa shape index (κ1) is 23.6. The van der Waals surface area contributed by atoms with Gasteiger partial charge in [0.1, 0.15) is 22.9 Å². The number of hydrogen-bond donors (Lipinski definition) is 4. The number of fused-ring (bicyclic) bond motifs is 1. The molecule has 1 amide bonds. The summed E-state index contributed by atoms with van der Waals surface area (Å²) in [6, 6.07) is 14.9. The third-order valence-electron chi connectivity index (χ3n) is 5.89. The molecule has 2 aromatic carbocycles. The number of aromatic nitrogens is 2. The van der Waals surface area contributed by atoms with Gasteiger partial charge in [-0.1, -0.05) is 11.6 Å². The molecule has 0 aliphatic heterocycles. The molecule has 0 spiro atoms. The second-order valence-corrected chi connectivity index (χ2v) is 8.89. The topological polar surface area (TPSA) is 109 Å². The van der Waals surface area contributed by atoms with Crippen molar-refractivity contribution in [3.8, 4) is 11.1 Å². The highest BCUT2D eigenvalue weighted by Crippen LogP contribution is 2.29. The number of aromatic amines is 1. The zero-order valence-corrected chi connectivity index (χ0v) is 20.1. The van der Waals surface area contributed by atoms with Crippen LogP contribution in [0.25, 0.3) is 22.1 Å². The van der Waals surface area contributed by atoms with Crippen LogP contribution in [0.15, 0.2) is 77.7 Å². The maximum absolute atomic E-state index is 13.8. The summed E-state index contributed by atoms with van der Waals surface area (Å²) in [6.45, 7) is 2.04. The summed E-state index contributed by atoms with van der Waals surface area (Å²) in [7, 11) is 0. The standard InChI is InChI=1S/C27H23ClFN5O2/c1-15-13-32-26(33-21-2-3-25-16(8-21)4-5-36-25)11-22(15)18-9-23(31-14-18)27(35)34-24(12-30)17-6-19(28)10-20(29)7-17/h2-11,13-14,24,31H,12,30H2,1H3,(H,32,33)(H,34,35)/t24-/m1/s1. The minimum Gasteiger partial charge on any atom is -0.464 e. The summed E-state index contributed by atoms with van der Waals surface area (Å²) in [5.74, 6) is -0.193. The second-order valence-electron chi connectivity index (χ2n) is 8.45. The van der Waals surface area contributed by atoms with Gasteiger partial charge in [-0.15, -0.1) is 0 Å². The van der Waals surface area contributed by atoms with Crippen molar-refractivity contribution in [1.82, 2.24) is 15.3 Å². The molecule has 3 aromatic heterocycles. The summed E-state index contributed by atoms with van der Waals surface area (Å²) in [5.41, 5.74) is 11.1. The number of hydrogen-bond acceptors (Lipinski definition) is 5. The number of amides is 1. The summed E-state index contributed by atoms with van der Waals surface area (Å²) < 4.78 is 19.2. The van der Waals surface area contributed by atoms with E-state index in [0.717, 1.165) is 33.3 Å². The first-order valence-electron chi connectivity index (χ1n) is 11.3. The van der Waals surface area contributed by atoms with Gasteiger partial charge >= 0.3 is 0 Å². The lowest BCUT2D eigenvalue weighted by Crippen LogP contribution is -2.33.